The lowest BCUT2D eigenvalue weighted by molar-refractivity contribution is -0.531. The number of rotatable bonds is 4. The second-order valence-electron chi connectivity index (χ2n) is 5.53. The van der Waals surface area contributed by atoms with E-state index >= 15 is 0 Å². The second kappa shape index (κ2) is 9.67. The summed E-state index contributed by atoms with van der Waals surface area (Å²) in [7, 11) is 0. The molecule has 0 bridgehead atoms. The molecule has 0 N–H and O–H groups in total. The predicted molar refractivity (Wildman–Crippen MR) is 77.1 cm³/mol. The Bertz CT molecular complexity index is 198. The van der Waals surface area contributed by atoms with E-state index in [0.29, 0.717) is 0 Å². The topological polar surface area (TPSA) is 3.01 Å². The monoisotopic (exact) mass is 238 g/mol. The third-order valence-electron chi connectivity index (χ3n) is 3.88. The highest BCUT2D eigenvalue weighted by molar-refractivity contribution is 5.79. The van der Waals surface area contributed by atoms with Gasteiger partial charge < -0.3 is 0 Å². The fourth-order valence-electron chi connectivity index (χ4n) is 2.94. The summed E-state index contributed by atoms with van der Waals surface area (Å²) >= 11 is 0. The maximum absolute atomic E-state index is 2.73. The van der Waals surface area contributed by atoms with Gasteiger partial charge in [0.1, 0.15) is 13.1 Å². The Morgan fingerprint density at radius 1 is 0.706 bits per heavy atom. The van der Waals surface area contributed by atoms with Gasteiger partial charge in [0.15, 0.2) is 5.71 Å². The summed E-state index contributed by atoms with van der Waals surface area (Å²) in [5.74, 6) is 0. The van der Waals surface area contributed by atoms with Crippen molar-refractivity contribution in [1.29, 1.82) is 0 Å². The van der Waals surface area contributed by atoms with E-state index in [-0.39, 0.29) is 0 Å². The average molecular weight is 238 g/mol. The minimum Gasteiger partial charge on any atom is -0.237 e. The molecule has 0 aliphatic carbocycles. The molecule has 17 heavy (non-hydrogen) atoms. The zero-order chi connectivity index (χ0) is 12.3. The molecule has 0 saturated carbocycles. The quantitative estimate of drug-likeness (QED) is 0.620. The van der Waals surface area contributed by atoms with Crippen LogP contribution in [0, 0.1) is 0 Å². The number of nitrogens with zero attached hydrogens (tertiary/aromatic N) is 1. The molecule has 1 fully saturated rings. The number of hydrogen-bond acceptors (Lipinski definition) is 0. The smallest absolute Gasteiger partial charge is 0.152 e. The fraction of sp³-hybridized carbons (Fsp3) is 0.938. The Hall–Kier alpha value is -0.330. The Morgan fingerprint density at radius 2 is 1.12 bits per heavy atom. The van der Waals surface area contributed by atoms with Crippen molar-refractivity contribution in [3.63, 3.8) is 0 Å². The molecule has 1 heteroatoms. The van der Waals surface area contributed by atoms with Crippen molar-refractivity contribution in [2.45, 2.75) is 84.5 Å². The normalized spacial score (nSPS) is 19.1. The molecule has 1 saturated heterocycles. The highest BCUT2D eigenvalue weighted by Crippen LogP contribution is 2.11. The van der Waals surface area contributed by atoms with E-state index < -0.39 is 0 Å². The summed E-state index contributed by atoms with van der Waals surface area (Å²) in [6.07, 6.45) is 15.4. The minimum absolute atomic E-state index is 1.31. The average Bonchev–Trinajstić information content (AvgIpc) is 2.36. The Kier molecular flexibility index (Phi) is 8.38. The van der Waals surface area contributed by atoms with Crippen LogP contribution in [0.2, 0.25) is 0 Å². The Morgan fingerprint density at radius 3 is 1.53 bits per heavy atom. The number of hydrogen-bond donors (Lipinski definition) is 0. The van der Waals surface area contributed by atoms with Crippen LogP contribution in [0.1, 0.15) is 84.5 Å². The van der Waals surface area contributed by atoms with Crippen molar-refractivity contribution in [3.8, 4) is 0 Å². The molecule has 0 unspecified atom stereocenters. The molecule has 0 aromatic carbocycles. The molecular weight excluding hydrogens is 206 g/mol. The van der Waals surface area contributed by atoms with Gasteiger partial charge in [-0.25, -0.2) is 4.58 Å². The molecule has 0 amide bonds. The molecule has 1 heterocycles. The van der Waals surface area contributed by atoms with Crippen LogP contribution in [0.5, 0.6) is 0 Å². The lowest BCUT2D eigenvalue weighted by Crippen LogP contribution is -2.24. The molecule has 0 spiro atoms. The summed E-state index contributed by atoms with van der Waals surface area (Å²) < 4.78 is 2.73. The van der Waals surface area contributed by atoms with Crippen molar-refractivity contribution in [3.05, 3.63) is 0 Å². The van der Waals surface area contributed by atoms with Crippen LogP contribution in [-0.2, 0) is 0 Å². The first-order chi connectivity index (χ1) is 8.38. The van der Waals surface area contributed by atoms with Crippen molar-refractivity contribution < 1.29 is 4.58 Å². The van der Waals surface area contributed by atoms with Gasteiger partial charge in [-0.05, 0) is 25.7 Å². The van der Waals surface area contributed by atoms with Gasteiger partial charge >= 0.3 is 0 Å². The zero-order valence-electron chi connectivity index (χ0n) is 12.1. The standard InChI is InChI=1S/C16H32N/c1-3-12-16(13-4-2)17-14-10-8-6-5-7-9-11-15-17/h3-15H2,1-2H3/q+1. The first-order valence-corrected chi connectivity index (χ1v) is 7.98. The Labute approximate surface area is 108 Å². The van der Waals surface area contributed by atoms with Crippen molar-refractivity contribution in [1.82, 2.24) is 0 Å². The van der Waals surface area contributed by atoms with E-state index in [0.717, 1.165) is 0 Å². The van der Waals surface area contributed by atoms with E-state index in [1.165, 1.54) is 83.7 Å². The summed E-state index contributed by atoms with van der Waals surface area (Å²) in [5.41, 5.74) is 1.75. The summed E-state index contributed by atoms with van der Waals surface area (Å²) in [4.78, 5) is 0. The molecule has 0 atom stereocenters. The van der Waals surface area contributed by atoms with E-state index in [1.54, 1.807) is 5.71 Å². The van der Waals surface area contributed by atoms with Gasteiger partial charge in [-0.15, -0.1) is 0 Å². The minimum atomic E-state index is 1.31. The summed E-state index contributed by atoms with van der Waals surface area (Å²) in [5, 5.41) is 0. The first-order valence-electron chi connectivity index (χ1n) is 7.98. The van der Waals surface area contributed by atoms with Gasteiger partial charge in [-0.1, -0.05) is 33.1 Å². The van der Waals surface area contributed by atoms with Crippen LogP contribution in [0.25, 0.3) is 0 Å². The molecule has 0 aromatic heterocycles. The molecule has 1 rings (SSSR count). The predicted octanol–water partition coefficient (Wildman–Crippen LogP) is 4.78. The molecule has 0 radical (unpaired) electrons. The maximum Gasteiger partial charge on any atom is 0.152 e. The van der Waals surface area contributed by atoms with Gasteiger partial charge in [-0.3, -0.25) is 0 Å². The highest BCUT2D eigenvalue weighted by Gasteiger charge is 2.13. The van der Waals surface area contributed by atoms with Gasteiger partial charge in [0.2, 0.25) is 0 Å². The van der Waals surface area contributed by atoms with Crippen LogP contribution in [0.15, 0.2) is 0 Å². The molecule has 100 valence electrons. The maximum atomic E-state index is 2.73. The molecule has 0 aromatic rings. The van der Waals surface area contributed by atoms with Gasteiger partial charge in [-0.2, -0.15) is 0 Å². The van der Waals surface area contributed by atoms with Gasteiger partial charge in [0.25, 0.3) is 0 Å². The van der Waals surface area contributed by atoms with Crippen LogP contribution < -0.4 is 0 Å². The van der Waals surface area contributed by atoms with Crippen LogP contribution in [0.3, 0.4) is 0 Å². The van der Waals surface area contributed by atoms with E-state index in [1.807, 2.05) is 0 Å². The lowest BCUT2D eigenvalue weighted by atomic mass is 10.1. The van der Waals surface area contributed by atoms with Crippen LogP contribution in [0.4, 0.5) is 0 Å². The Balaban J connectivity index is 2.60. The van der Waals surface area contributed by atoms with E-state index in [4.69, 9.17) is 0 Å². The summed E-state index contributed by atoms with van der Waals surface area (Å²) in [6.45, 7) is 7.29. The van der Waals surface area contributed by atoms with Crippen LogP contribution >= 0.6 is 0 Å². The molecule has 1 aliphatic rings. The molecule has 1 aliphatic heterocycles. The van der Waals surface area contributed by atoms with E-state index in [2.05, 4.69) is 18.4 Å². The van der Waals surface area contributed by atoms with E-state index in [9.17, 15) is 0 Å². The van der Waals surface area contributed by atoms with Crippen molar-refractivity contribution >= 4 is 5.71 Å². The SMILES string of the molecule is CCCC(CCC)=[N+]1CCCCCCCCC1. The third-order valence-corrected chi connectivity index (χ3v) is 3.88. The highest BCUT2D eigenvalue weighted by atomic mass is 15.0. The lowest BCUT2D eigenvalue weighted by Gasteiger charge is -2.12. The van der Waals surface area contributed by atoms with Gasteiger partial charge in [0, 0.05) is 25.7 Å². The first kappa shape index (κ1) is 14.7. The summed E-state index contributed by atoms with van der Waals surface area (Å²) in [6, 6.07) is 0. The van der Waals surface area contributed by atoms with Crippen molar-refractivity contribution in [2.75, 3.05) is 13.1 Å². The molecular formula is C16H32N+. The van der Waals surface area contributed by atoms with Crippen molar-refractivity contribution in [2.24, 2.45) is 0 Å². The second-order valence-corrected chi connectivity index (χ2v) is 5.53. The third kappa shape index (κ3) is 6.24. The fourth-order valence-corrected chi connectivity index (χ4v) is 2.94. The largest absolute Gasteiger partial charge is 0.237 e. The van der Waals surface area contributed by atoms with Gasteiger partial charge in [0.05, 0.1) is 0 Å². The van der Waals surface area contributed by atoms with Crippen LogP contribution in [-0.4, -0.2) is 23.4 Å². The zero-order valence-corrected chi connectivity index (χ0v) is 12.1. The molecule has 1 nitrogen and oxygen atoms in total.